The quantitative estimate of drug-likeness (QED) is 0.0831. The number of nitrogens with one attached hydrogen (secondary N) is 3. The average Bonchev–Trinajstić information content (AvgIpc) is 3.50. The summed E-state index contributed by atoms with van der Waals surface area (Å²) in [5.41, 5.74) is 2.17. The number of benzene rings is 3. The average molecular weight is 659 g/mol. The Balaban J connectivity index is 1.45. The van der Waals surface area contributed by atoms with Crippen LogP contribution in [0.1, 0.15) is 41.9 Å². The Kier molecular flexibility index (Phi) is 12.5. The zero-order valence-electron chi connectivity index (χ0n) is 25.6. The molecule has 1 heterocycles. The molecule has 3 N–H and O–H groups in total. The Morgan fingerprint density at radius 3 is 2.41 bits per heavy atom. The number of hydrogen-bond donors (Lipinski definition) is 3. The van der Waals surface area contributed by atoms with E-state index in [1.807, 2.05) is 13.0 Å². The minimum Gasteiger partial charge on any atom is -0.497 e. The second kappa shape index (κ2) is 16.9. The van der Waals surface area contributed by atoms with Gasteiger partial charge in [-0.05, 0) is 67.4 Å². The number of nitrogens with zero attached hydrogens (tertiary/aromatic N) is 1. The summed E-state index contributed by atoms with van der Waals surface area (Å²) < 4.78 is 10.2. The van der Waals surface area contributed by atoms with E-state index in [9.17, 15) is 19.2 Å². The van der Waals surface area contributed by atoms with Gasteiger partial charge in [-0.25, -0.2) is 4.98 Å². The van der Waals surface area contributed by atoms with E-state index in [4.69, 9.17) is 9.47 Å². The lowest BCUT2D eigenvalue weighted by molar-refractivity contribution is -0.142. The second-order valence-electron chi connectivity index (χ2n) is 9.76. The number of hydrogen-bond acceptors (Lipinski definition) is 9. The van der Waals surface area contributed by atoms with Crippen LogP contribution in [0.15, 0.2) is 94.8 Å². The third-order valence-electron chi connectivity index (χ3n) is 6.40. The number of aromatic nitrogens is 1. The predicted molar refractivity (Wildman–Crippen MR) is 181 cm³/mol. The first kappa shape index (κ1) is 33.9. The summed E-state index contributed by atoms with van der Waals surface area (Å²) in [5, 5.41) is 10.1. The number of thioether (sulfide) groups is 1. The Morgan fingerprint density at radius 1 is 0.957 bits per heavy atom. The van der Waals surface area contributed by atoms with Gasteiger partial charge in [-0.15, -0.1) is 23.1 Å². The Labute approximate surface area is 275 Å². The number of thiazole rings is 1. The van der Waals surface area contributed by atoms with Crippen LogP contribution in [-0.2, 0) is 25.5 Å². The number of carbonyl (C=O) groups excluding carboxylic acids is 4. The lowest BCUT2D eigenvalue weighted by Gasteiger charge is -2.15. The van der Waals surface area contributed by atoms with Crippen molar-refractivity contribution in [2.24, 2.45) is 0 Å². The van der Waals surface area contributed by atoms with E-state index in [-0.39, 0.29) is 24.0 Å². The normalized spacial score (nSPS) is 11.7. The van der Waals surface area contributed by atoms with Crippen molar-refractivity contribution < 1.29 is 28.7 Å². The molecule has 0 aliphatic carbocycles. The molecule has 3 amide bonds. The van der Waals surface area contributed by atoms with E-state index < -0.39 is 17.1 Å². The zero-order chi connectivity index (χ0) is 32.9. The topological polar surface area (TPSA) is 136 Å². The van der Waals surface area contributed by atoms with Crippen molar-refractivity contribution in [1.82, 2.24) is 10.3 Å². The maximum Gasteiger partial charge on any atom is 0.311 e. The Bertz CT molecular complexity index is 1690. The number of rotatable bonds is 14. The van der Waals surface area contributed by atoms with Crippen LogP contribution in [0, 0.1) is 0 Å². The third kappa shape index (κ3) is 10.0. The molecule has 1 aromatic heterocycles. The molecule has 0 saturated carbocycles. The van der Waals surface area contributed by atoms with Gasteiger partial charge in [0.05, 0.1) is 31.1 Å². The molecule has 0 bridgehead atoms. The van der Waals surface area contributed by atoms with Gasteiger partial charge in [-0.3, -0.25) is 19.2 Å². The second-order valence-corrected chi connectivity index (χ2v) is 11.9. The highest BCUT2D eigenvalue weighted by Gasteiger charge is 2.21. The third-order valence-corrected chi connectivity index (χ3v) is 8.57. The van der Waals surface area contributed by atoms with Crippen LogP contribution in [0.5, 0.6) is 5.75 Å². The SMILES string of the molecule is CCOC(=O)Cc1csc(NC(=O)C(CC)Sc2cccc(NC(=O)/C(=C\c3ccc(OC)cc3)NC(=O)c3ccccc3)c2)n1. The van der Waals surface area contributed by atoms with Crippen LogP contribution in [0.3, 0.4) is 0 Å². The van der Waals surface area contributed by atoms with Crippen molar-refractivity contribution in [2.45, 2.75) is 36.8 Å². The lowest BCUT2D eigenvalue weighted by Crippen LogP contribution is -2.30. The highest BCUT2D eigenvalue weighted by molar-refractivity contribution is 8.00. The minimum absolute atomic E-state index is 0.0393. The molecule has 0 radical (unpaired) electrons. The standard InChI is InChI=1S/C34H34N4O6S2/c1-4-29(33(42)38-34-36-25(21-45-34)20-30(39)44-5-2)46-27-13-9-12-24(19-27)35-32(41)28(18-22-14-16-26(43-3)17-15-22)37-31(40)23-10-7-6-8-11-23/h6-19,21,29H,4-5,20H2,1-3H3,(H,35,41)(H,37,40)(H,36,38,42)/b28-18+. The summed E-state index contributed by atoms with van der Waals surface area (Å²) in [4.78, 5) is 56.4. The number of anilines is 2. The van der Waals surface area contributed by atoms with E-state index in [1.54, 1.807) is 98.3 Å². The van der Waals surface area contributed by atoms with Gasteiger partial charge in [0.15, 0.2) is 5.13 Å². The van der Waals surface area contributed by atoms with Gasteiger partial charge in [0.25, 0.3) is 11.8 Å². The van der Waals surface area contributed by atoms with E-state index in [1.165, 1.54) is 23.1 Å². The number of methoxy groups -OCH3 is 1. The molecule has 4 aromatic rings. The van der Waals surface area contributed by atoms with Gasteiger partial charge >= 0.3 is 5.97 Å². The van der Waals surface area contributed by atoms with E-state index in [0.717, 1.165) is 4.90 Å². The summed E-state index contributed by atoms with van der Waals surface area (Å²) in [6.07, 6.45) is 2.16. The van der Waals surface area contributed by atoms with E-state index in [0.29, 0.717) is 46.4 Å². The van der Waals surface area contributed by atoms with Crippen LogP contribution in [0.4, 0.5) is 10.8 Å². The van der Waals surface area contributed by atoms with Gasteiger partial charge < -0.3 is 25.4 Å². The van der Waals surface area contributed by atoms with Gasteiger partial charge in [0, 0.05) is 21.5 Å². The zero-order valence-corrected chi connectivity index (χ0v) is 27.2. The molecule has 4 rings (SSSR count). The maximum atomic E-state index is 13.5. The number of ether oxygens (including phenoxy) is 2. The first-order valence-corrected chi connectivity index (χ1v) is 16.2. The van der Waals surface area contributed by atoms with Crippen molar-refractivity contribution >= 4 is 63.7 Å². The molecule has 0 aliphatic heterocycles. The molecule has 3 aromatic carbocycles. The molecule has 1 atom stereocenters. The van der Waals surface area contributed by atoms with Gasteiger partial charge in [-0.1, -0.05) is 43.3 Å². The molecule has 12 heteroatoms. The molecule has 238 valence electrons. The molecule has 0 spiro atoms. The summed E-state index contributed by atoms with van der Waals surface area (Å²) in [6, 6.07) is 22.8. The molecular weight excluding hydrogens is 625 g/mol. The summed E-state index contributed by atoms with van der Waals surface area (Å²) in [6.45, 7) is 3.93. The smallest absolute Gasteiger partial charge is 0.311 e. The molecule has 10 nitrogen and oxygen atoms in total. The Morgan fingerprint density at radius 2 is 1.72 bits per heavy atom. The number of esters is 1. The van der Waals surface area contributed by atoms with Crippen molar-refractivity contribution in [3.8, 4) is 5.75 Å². The van der Waals surface area contributed by atoms with Gasteiger partial charge in [0.2, 0.25) is 5.91 Å². The molecular formula is C34H34N4O6S2. The van der Waals surface area contributed by atoms with Crippen LogP contribution in [-0.4, -0.2) is 47.6 Å². The van der Waals surface area contributed by atoms with Gasteiger partial charge in [-0.2, -0.15) is 0 Å². The van der Waals surface area contributed by atoms with Crippen molar-refractivity contribution in [1.29, 1.82) is 0 Å². The van der Waals surface area contributed by atoms with Crippen molar-refractivity contribution in [3.63, 3.8) is 0 Å². The first-order chi connectivity index (χ1) is 22.3. The highest BCUT2D eigenvalue weighted by atomic mass is 32.2. The van der Waals surface area contributed by atoms with Gasteiger partial charge in [0.1, 0.15) is 11.4 Å². The van der Waals surface area contributed by atoms with Crippen molar-refractivity contribution in [2.75, 3.05) is 24.4 Å². The van der Waals surface area contributed by atoms with Crippen molar-refractivity contribution in [3.05, 3.63) is 107 Å². The molecule has 1 unspecified atom stereocenters. The lowest BCUT2D eigenvalue weighted by atomic mass is 10.1. The van der Waals surface area contributed by atoms with Crippen LogP contribution in [0.25, 0.3) is 6.08 Å². The predicted octanol–water partition coefficient (Wildman–Crippen LogP) is 6.18. The van der Waals surface area contributed by atoms with E-state index in [2.05, 4.69) is 20.9 Å². The fourth-order valence-corrected chi connectivity index (χ4v) is 5.86. The Hall–Kier alpha value is -4.94. The first-order valence-electron chi connectivity index (χ1n) is 14.5. The van der Waals surface area contributed by atoms with Crippen LogP contribution in [0.2, 0.25) is 0 Å². The van der Waals surface area contributed by atoms with Crippen LogP contribution < -0.4 is 20.7 Å². The molecule has 0 aliphatic rings. The maximum absolute atomic E-state index is 13.5. The highest BCUT2D eigenvalue weighted by Crippen LogP contribution is 2.29. The fourth-order valence-electron chi connectivity index (χ4n) is 4.13. The molecule has 46 heavy (non-hydrogen) atoms. The minimum atomic E-state index is -0.519. The van der Waals surface area contributed by atoms with Crippen LogP contribution >= 0.6 is 23.1 Å². The molecule has 0 fully saturated rings. The number of amides is 3. The fraction of sp³-hybridized carbons (Fsp3) is 0.206. The number of carbonyl (C=O) groups is 4. The largest absolute Gasteiger partial charge is 0.497 e. The molecule has 0 saturated heterocycles. The summed E-state index contributed by atoms with van der Waals surface area (Å²) in [7, 11) is 1.57. The van der Waals surface area contributed by atoms with E-state index >= 15 is 0 Å². The summed E-state index contributed by atoms with van der Waals surface area (Å²) in [5.74, 6) is -0.886. The monoisotopic (exact) mass is 658 g/mol. The summed E-state index contributed by atoms with van der Waals surface area (Å²) >= 11 is 2.59.